The van der Waals surface area contributed by atoms with Crippen LogP contribution in [0.3, 0.4) is 0 Å². The molecule has 22 heavy (non-hydrogen) atoms. The standard InChI is InChI=1S/C17H27BN2O2/c1-13(21)15-12-14(6-7-16(15)18(5)22)19-8-10-20(11-9-19)17(2,3)4/h6-7,12,22H,8-11H2,1-5H3. The van der Waals surface area contributed by atoms with Gasteiger partial charge in [0.1, 0.15) is 0 Å². The normalized spacial score (nSPS) is 16.7. The highest BCUT2D eigenvalue weighted by molar-refractivity contribution is 6.66. The number of Topliss-reactive ketones (excluding diaryl/α,β-unsaturated/α-hetero) is 1. The molecule has 2 rings (SSSR count). The summed E-state index contributed by atoms with van der Waals surface area (Å²) in [6, 6.07) is 5.82. The molecule has 5 heteroatoms. The van der Waals surface area contributed by atoms with E-state index in [1.165, 1.54) is 0 Å². The van der Waals surface area contributed by atoms with Crippen molar-refractivity contribution in [3.8, 4) is 0 Å². The van der Waals surface area contributed by atoms with Crippen molar-refractivity contribution in [2.24, 2.45) is 0 Å². The fraction of sp³-hybridized carbons (Fsp3) is 0.588. The molecule has 1 fully saturated rings. The summed E-state index contributed by atoms with van der Waals surface area (Å²) in [5.74, 6) is 0.00563. The highest BCUT2D eigenvalue weighted by Gasteiger charge is 2.26. The van der Waals surface area contributed by atoms with Crippen molar-refractivity contribution in [3.05, 3.63) is 23.8 Å². The maximum Gasteiger partial charge on any atom is 0.321 e. The minimum absolute atomic E-state index is 0.00563. The van der Waals surface area contributed by atoms with Gasteiger partial charge in [-0.15, -0.1) is 0 Å². The van der Waals surface area contributed by atoms with Crippen LogP contribution >= 0.6 is 0 Å². The molecule has 1 aromatic carbocycles. The Morgan fingerprint density at radius 1 is 1.18 bits per heavy atom. The molecular weight excluding hydrogens is 275 g/mol. The number of piperazine rings is 1. The molecule has 0 unspecified atom stereocenters. The zero-order valence-corrected chi connectivity index (χ0v) is 14.4. The summed E-state index contributed by atoms with van der Waals surface area (Å²) in [7, 11) is 0. The third-order valence-electron chi connectivity index (χ3n) is 4.46. The number of carbonyl (C=O) groups excluding carboxylic acids is 1. The van der Waals surface area contributed by atoms with Gasteiger partial charge in [0, 0.05) is 43.0 Å². The maximum absolute atomic E-state index is 11.9. The van der Waals surface area contributed by atoms with E-state index >= 15 is 0 Å². The third kappa shape index (κ3) is 3.71. The zero-order chi connectivity index (χ0) is 16.5. The number of anilines is 1. The summed E-state index contributed by atoms with van der Waals surface area (Å²) in [6.07, 6.45) is 0. The molecule has 120 valence electrons. The molecule has 4 nitrogen and oxygen atoms in total. The number of benzene rings is 1. The van der Waals surface area contributed by atoms with Gasteiger partial charge in [0.15, 0.2) is 5.78 Å². The number of carbonyl (C=O) groups is 1. The Morgan fingerprint density at radius 2 is 1.77 bits per heavy atom. The molecule has 1 N–H and O–H groups in total. The first-order valence-corrected chi connectivity index (χ1v) is 8.03. The topological polar surface area (TPSA) is 43.8 Å². The Kier molecular flexibility index (Phi) is 4.98. The van der Waals surface area contributed by atoms with Crippen LogP contribution < -0.4 is 10.4 Å². The van der Waals surface area contributed by atoms with Crippen molar-refractivity contribution in [1.82, 2.24) is 4.90 Å². The van der Waals surface area contributed by atoms with E-state index in [9.17, 15) is 9.82 Å². The summed E-state index contributed by atoms with van der Waals surface area (Å²) < 4.78 is 0. The molecule has 0 aromatic heterocycles. The van der Waals surface area contributed by atoms with E-state index in [1.54, 1.807) is 13.7 Å². The van der Waals surface area contributed by atoms with Gasteiger partial charge < -0.3 is 9.92 Å². The molecule has 1 aliphatic rings. The molecule has 0 saturated carbocycles. The average Bonchev–Trinajstić information content (AvgIpc) is 2.45. The smallest absolute Gasteiger partial charge is 0.321 e. The van der Waals surface area contributed by atoms with Crippen LogP contribution in [-0.2, 0) is 0 Å². The second kappa shape index (κ2) is 6.43. The van der Waals surface area contributed by atoms with Gasteiger partial charge in [0.25, 0.3) is 0 Å². The van der Waals surface area contributed by atoms with Crippen LogP contribution in [0.5, 0.6) is 0 Å². The molecule has 1 heterocycles. The van der Waals surface area contributed by atoms with Gasteiger partial charge in [-0.1, -0.05) is 12.9 Å². The minimum Gasteiger partial charge on any atom is -0.446 e. The van der Waals surface area contributed by atoms with Crippen LogP contribution in [0.2, 0.25) is 6.82 Å². The lowest BCUT2D eigenvalue weighted by Crippen LogP contribution is -2.53. The lowest BCUT2D eigenvalue weighted by Gasteiger charge is -2.43. The first-order chi connectivity index (χ1) is 10.2. The van der Waals surface area contributed by atoms with Gasteiger partial charge in [0.2, 0.25) is 0 Å². The summed E-state index contributed by atoms with van der Waals surface area (Å²) in [5.41, 5.74) is 2.62. The molecule has 0 amide bonds. The Balaban J connectivity index is 2.18. The molecule has 0 atom stereocenters. The molecule has 0 radical (unpaired) electrons. The van der Waals surface area contributed by atoms with Crippen molar-refractivity contribution in [1.29, 1.82) is 0 Å². The van der Waals surface area contributed by atoms with Gasteiger partial charge in [-0.25, -0.2) is 0 Å². The van der Waals surface area contributed by atoms with Crippen LogP contribution in [0.15, 0.2) is 18.2 Å². The molecule has 0 aliphatic carbocycles. The van der Waals surface area contributed by atoms with Crippen molar-refractivity contribution < 1.29 is 9.82 Å². The first-order valence-electron chi connectivity index (χ1n) is 8.03. The van der Waals surface area contributed by atoms with Crippen molar-refractivity contribution in [2.75, 3.05) is 31.1 Å². The van der Waals surface area contributed by atoms with Crippen LogP contribution in [0.4, 0.5) is 5.69 Å². The van der Waals surface area contributed by atoms with Gasteiger partial charge in [-0.05, 0) is 45.3 Å². The summed E-state index contributed by atoms with van der Waals surface area (Å²) >= 11 is 0. The highest BCUT2D eigenvalue weighted by Crippen LogP contribution is 2.21. The fourth-order valence-electron chi connectivity index (χ4n) is 3.05. The Labute approximate surface area is 134 Å². The molecule has 1 saturated heterocycles. The lowest BCUT2D eigenvalue weighted by molar-refractivity contribution is 0.101. The van der Waals surface area contributed by atoms with Crippen LogP contribution in [0, 0.1) is 0 Å². The van der Waals surface area contributed by atoms with Gasteiger partial charge in [0.05, 0.1) is 0 Å². The largest absolute Gasteiger partial charge is 0.446 e. The van der Waals surface area contributed by atoms with Crippen LogP contribution in [0.25, 0.3) is 0 Å². The lowest BCUT2D eigenvalue weighted by atomic mass is 9.62. The predicted molar refractivity (Wildman–Crippen MR) is 93.5 cm³/mol. The summed E-state index contributed by atoms with van der Waals surface area (Å²) in [5, 5.41) is 9.81. The first kappa shape index (κ1) is 17.0. The van der Waals surface area contributed by atoms with E-state index in [2.05, 4.69) is 30.6 Å². The quantitative estimate of drug-likeness (QED) is 0.681. The molecular formula is C17H27BN2O2. The van der Waals surface area contributed by atoms with Crippen molar-refractivity contribution in [3.63, 3.8) is 0 Å². The van der Waals surface area contributed by atoms with Crippen LogP contribution in [0.1, 0.15) is 38.1 Å². The molecule has 0 bridgehead atoms. The monoisotopic (exact) mass is 302 g/mol. The number of hydrogen-bond acceptors (Lipinski definition) is 4. The van der Waals surface area contributed by atoms with E-state index in [0.717, 1.165) is 31.9 Å². The van der Waals surface area contributed by atoms with E-state index in [4.69, 9.17) is 0 Å². The molecule has 1 aromatic rings. The predicted octanol–water partition coefficient (Wildman–Crippen LogP) is 1.63. The Morgan fingerprint density at radius 3 is 2.23 bits per heavy atom. The third-order valence-corrected chi connectivity index (χ3v) is 4.46. The maximum atomic E-state index is 11.9. The Hall–Kier alpha value is -1.33. The van der Waals surface area contributed by atoms with Crippen LogP contribution in [-0.4, -0.2) is 54.3 Å². The average molecular weight is 302 g/mol. The second-order valence-corrected chi connectivity index (χ2v) is 7.15. The van der Waals surface area contributed by atoms with Gasteiger partial charge in [-0.2, -0.15) is 0 Å². The second-order valence-electron chi connectivity index (χ2n) is 7.15. The molecule has 1 aliphatic heterocycles. The summed E-state index contributed by atoms with van der Waals surface area (Å²) in [6.45, 7) is 13.3. The van der Waals surface area contributed by atoms with Gasteiger partial charge >= 0.3 is 6.92 Å². The number of ketones is 1. The summed E-state index contributed by atoms with van der Waals surface area (Å²) in [4.78, 5) is 16.7. The highest BCUT2D eigenvalue weighted by atomic mass is 16.2. The van der Waals surface area contributed by atoms with E-state index in [-0.39, 0.29) is 11.3 Å². The van der Waals surface area contributed by atoms with Crippen molar-refractivity contribution >= 4 is 23.8 Å². The zero-order valence-electron chi connectivity index (χ0n) is 14.4. The Bertz CT molecular complexity index is 544. The number of nitrogens with zero attached hydrogens (tertiary/aromatic N) is 2. The van der Waals surface area contributed by atoms with E-state index in [1.807, 2.05) is 18.2 Å². The van der Waals surface area contributed by atoms with E-state index < -0.39 is 6.92 Å². The number of rotatable bonds is 3. The van der Waals surface area contributed by atoms with Gasteiger partial charge in [-0.3, -0.25) is 9.69 Å². The molecule has 0 spiro atoms. The number of hydrogen-bond donors (Lipinski definition) is 1. The minimum atomic E-state index is -0.620. The fourth-order valence-corrected chi connectivity index (χ4v) is 3.05. The van der Waals surface area contributed by atoms with Crippen molar-refractivity contribution in [2.45, 2.75) is 40.1 Å². The SMILES string of the molecule is CB(O)c1ccc(N2CCN(C(C)(C)C)CC2)cc1C(C)=O. The van der Waals surface area contributed by atoms with E-state index in [0.29, 0.717) is 11.0 Å².